The van der Waals surface area contributed by atoms with Crippen LogP contribution in [0.25, 0.3) is 0 Å². The summed E-state index contributed by atoms with van der Waals surface area (Å²) in [5.41, 5.74) is -1.23. The van der Waals surface area contributed by atoms with E-state index < -0.39 is 21.3 Å². The van der Waals surface area contributed by atoms with Crippen molar-refractivity contribution in [2.24, 2.45) is 0 Å². The maximum absolute atomic E-state index is 11.7. The number of amides is 1. The molecule has 0 spiro atoms. The molecule has 6 nitrogen and oxygen atoms in total. The fraction of sp³-hybridized carbons (Fsp3) is 0.429. The van der Waals surface area contributed by atoms with Crippen molar-refractivity contribution in [3.8, 4) is 0 Å². The molecule has 0 radical (unpaired) electrons. The summed E-state index contributed by atoms with van der Waals surface area (Å²) in [6.45, 7) is 4.83. The van der Waals surface area contributed by atoms with Crippen molar-refractivity contribution in [1.29, 1.82) is 0 Å². The smallest absolute Gasteiger partial charge is 0.334 e. The first kappa shape index (κ1) is 17.2. The van der Waals surface area contributed by atoms with Crippen LogP contribution in [0.4, 0.5) is 0 Å². The van der Waals surface area contributed by atoms with Gasteiger partial charge in [0.2, 0.25) is 6.41 Å². The van der Waals surface area contributed by atoms with E-state index in [0.717, 1.165) is 6.26 Å². The molecule has 0 heterocycles. The van der Waals surface area contributed by atoms with Crippen molar-refractivity contribution < 1.29 is 23.1 Å². The number of aliphatic carboxylic acids is 1. The van der Waals surface area contributed by atoms with Crippen LogP contribution in [0.2, 0.25) is 0 Å². The van der Waals surface area contributed by atoms with Crippen LogP contribution in [0.15, 0.2) is 29.2 Å². The predicted octanol–water partition coefficient (Wildman–Crippen LogP) is 1.26. The molecular weight excluding hydrogens is 294 g/mol. The average molecular weight is 313 g/mol. The van der Waals surface area contributed by atoms with E-state index in [1.807, 2.05) is 0 Å². The number of hydrogen-bond donors (Lipinski definition) is 1. The van der Waals surface area contributed by atoms with Gasteiger partial charge in [-0.2, -0.15) is 0 Å². The van der Waals surface area contributed by atoms with Crippen LogP contribution in [0.3, 0.4) is 0 Å². The van der Waals surface area contributed by atoms with Crippen LogP contribution in [-0.4, -0.2) is 43.1 Å². The summed E-state index contributed by atoms with van der Waals surface area (Å²) in [7, 11) is -3.36. The third kappa shape index (κ3) is 3.24. The molecule has 0 aliphatic carbocycles. The van der Waals surface area contributed by atoms with Gasteiger partial charge in [-0.25, -0.2) is 13.2 Å². The highest BCUT2D eigenvalue weighted by Gasteiger charge is 2.42. The molecule has 1 unspecified atom stereocenters. The normalized spacial score (nSPS) is 14.5. The first-order valence-corrected chi connectivity index (χ1v) is 8.22. The molecule has 0 aliphatic heterocycles. The van der Waals surface area contributed by atoms with E-state index in [0.29, 0.717) is 12.0 Å². The summed E-state index contributed by atoms with van der Waals surface area (Å²) in [6, 6.07) is 5.20. The highest BCUT2D eigenvalue weighted by Crippen LogP contribution is 2.30. The van der Waals surface area contributed by atoms with Gasteiger partial charge in [0.05, 0.1) is 4.90 Å². The second-order valence-electron chi connectivity index (χ2n) is 5.28. The maximum Gasteiger partial charge on any atom is 0.334 e. The van der Waals surface area contributed by atoms with Crippen molar-refractivity contribution in [3.05, 3.63) is 29.8 Å². The molecule has 1 amide bonds. The molecule has 116 valence electrons. The zero-order valence-electron chi connectivity index (χ0n) is 12.4. The third-order valence-electron chi connectivity index (χ3n) is 3.45. The Bertz CT molecular complexity index is 636. The minimum absolute atomic E-state index is 0.0983. The van der Waals surface area contributed by atoms with E-state index in [1.165, 1.54) is 36.1 Å². The largest absolute Gasteiger partial charge is 0.479 e. The molecule has 0 aromatic heterocycles. The Balaban J connectivity index is 3.42. The molecule has 0 saturated heterocycles. The Morgan fingerprint density at radius 3 is 2.05 bits per heavy atom. The molecule has 1 aromatic rings. The van der Waals surface area contributed by atoms with E-state index in [9.17, 15) is 23.1 Å². The van der Waals surface area contributed by atoms with Gasteiger partial charge in [0, 0.05) is 12.3 Å². The van der Waals surface area contributed by atoms with Gasteiger partial charge in [0.15, 0.2) is 15.4 Å². The fourth-order valence-electron chi connectivity index (χ4n) is 2.15. The van der Waals surface area contributed by atoms with Crippen LogP contribution in [0.1, 0.15) is 26.3 Å². The van der Waals surface area contributed by atoms with Gasteiger partial charge >= 0.3 is 5.97 Å². The van der Waals surface area contributed by atoms with Gasteiger partial charge in [-0.05, 0) is 38.5 Å². The number of carbonyl (C=O) groups excluding carboxylic acids is 1. The minimum atomic E-state index is -3.36. The van der Waals surface area contributed by atoms with Crippen molar-refractivity contribution >= 4 is 22.2 Å². The number of benzene rings is 1. The number of hydrogen-bond acceptors (Lipinski definition) is 4. The molecule has 21 heavy (non-hydrogen) atoms. The molecule has 0 saturated carbocycles. The lowest BCUT2D eigenvalue weighted by Gasteiger charge is -2.38. The Hall–Kier alpha value is -1.89. The summed E-state index contributed by atoms with van der Waals surface area (Å²) < 4.78 is 22.9. The third-order valence-corrected chi connectivity index (χ3v) is 4.58. The number of rotatable bonds is 6. The Morgan fingerprint density at radius 2 is 1.76 bits per heavy atom. The Morgan fingerprint density at radius 1 is 1.29 bits per heavy atom. The SMILES string of the molecule is CC(C)N(C=O)C(C)(C(=O)O)c1ccc(S(C)(=O)=O)cc1. The van der Waals surface area contributed by atoms with Crippen LogP contribution in [0, 0.1) is 0 Å². The highest BCUT2D eigenvalue weighted by atomic mass is 32.2. The number of nitrogens with zero attached hydrogens (tertiary/aromatic N) is 1. The van der Waals surface area contributed by atoms with Gasteiger partial charge in [-0.3, -0.25) is 4.79 Å². The summed E-state index contributed by atoms with van der Waals surface area (Å²) in [6.07, 6.45) is 1.56. The zero-order chi connectivity index (χ0) is 16.4. The topological polar surface area (TPSA) is 91.8 Å². The van der Waals surface area contributed by atoms with Gasteiger partial charge in [0.25, 0.3) is 0 Å². The lowest BCUT2D eigenvalue weighted by Crippen LogP contribution is -2.52. The Labute approximate surface area is 124 Å². The van der Waals surface area contributed by atoms with E-state index in [-0.39, 0.29) is 10.9 Å². The second-order valence-corrected chi connectivity index (χ2v) is 7.30. The number of carboxylic acids is 1. The van der Waals surface area contributed by atoms with Crippen LogP contribution in [0.5, 0.6) is 0 Å². The van der Waals surface area contributed by atoms with Crippen molar-refractivity contribution in [3.63, 3.8) is 0 Å². The predicted molar refractivity (Wildman–Crippen MR) is 77.6 cm³/mol. The molecule has 7 heteroatoms. The van der Waals surface area contributed by atoms with E-state index >= 15 is 0 Å². The van der Waals surface area contributed by atoms with E-state index in [1.54, 1.807) is 13.8 Å². The first-order chi connectivity index (χ1) is 9.55. The van der Waals surface area contributed by atoms with Crippen LogP contribution < -0.4 is 0 Å². The van der Waals surface area contributed by atoms with Crippen LogP contribution >= 0.6 is 0 Å². The zero-order valence-corrected chi connectivity index (χ0v) is 13.2. The van der Waals surface area contributed by atoms with Crippen molar-refractivity contribution in [1.82, 2.24) is 4.90 Å². The molecule has 0 bridgehead atoms. The Kier molecular flexibility index (Phi) is 4.78. The molecule has 0 aliphatic rings. The second kappa shape index (κ2) is 5.85. The van der Waals surface area contributed by atoms with Gasteiger partial charge in [-0.15, -0.1) is 0 Å². The molecular formula is C14H19NO5S. The molecule has 1 aromatic carbocycles. The van der Waals surface area contributed by atoms with Crippen LogP contribution in [-0.2, 0) is 25.0 Å². The monoisotopic (exact) mass is 313 g/mol. The quantitative estimate of drug-likeness (QED) is 0.798. The van der Waals surface area contributed by atoms with Gasteiger partial charge < -0.3 is 10.0 Å². The first-order valence-electron chi connectivity index (χ1n) is 6.33. The number of carbonyl (C=O) groups is 2. The van der Waals surface area contributed by atoms with E-state index in [4.69, 9.17) is 0 Å². The summed E-state index contributed by atoms with van der Waals surface area (Å²) >= 11 is 0. The summed E-state index contributed by atoms with van der Waals surface area (Å²) in [4.78, 5) is 24.2. The average Bonchev–Trinajstić information content (AvgIpc) is 2.37. The molecule has 1 rings (SSSR count). The standard InChI is InChI=1S/C14H19NO5S/c1-10(2)15(9-16)14(3,13(17)18)11-5-7-12(8-6-11)21(4,19)20/h5-10H,1-4H3,(H,17,18). The highest BCUT2D eigenvalue weighted by molar-refractivity contribution is 7.90. The molecule has 1 atom stereocenters. The summed E-state index contributed by atoms with van der Waals surface area (Å²) in [5, 5.41) is 9.55. The van der Waals surface area contributed by atoms with E-state index in [2.05, 4.69) is 0 Å². The minimum Gasteiger partial charge on any atom is -0.479 e. The van der Waals surface area contributed by atoms with Gasteiger partial charge in [-0.1, -0.05) is 12.1 Å². The van der Waals surface area contributed by atoms with Crippen molar-refractivity contribution in [2.45, 2.75) is 37.2 Å². The molecule has 0 fully saturated rings. The van der Waals surface area contributed by atoms with Crippen molar-refractivity contribution in [2.75, 3.05) is 6.26 Å². The number of sulfone groups is 1. The lowest BCUT2D eigenvalue weighted by molar-refractivity contribution is -0.156. The maximum atomic E-state index is 11.7. The number of carboxylic acid groups (broad SMARTS) is 1. The van der Waals surface area contributed by atoms with Gasteiger partial charge in [0.1, 0.15) is 0 Å². The lowest BCUT2D eigenvalue weighted by atomic mass is 9.89. The summed E-state index contributed by atoms with van der Waals surface area (Å²) in [5.74, 6) is -1.18. The fourth-order valence-corrected chi connectivity index (χ4v) is 2.78. The molecule has 1 N–H and O–H groups in total.